The van der Waals surface area contributed by atoms with Crippen LogP contribution < -0.4 is 4.74 Å². The van der Waals surface area contributed by atoms with Gasteiger partial charge < -0.3 is 9.30 Å². The third kappa shape index (κ3) is 4.25. The van der Waals surface area contributed by atoms with Crippen LogP contribution in [-0.2, 0) is 17.5 Å². The van der Waals surface area contributed by atoms with E-state index in [1.807, 2.05) is 20.8 Å². The van der Waals surface area contributed by atoms with Crippen molar-refractivity contribution in [2.24, 2.45) is 5.41 Å². The molecule has 3 rings (SSSR count). The number of halogens is 3. The molecular weight excluding hydrogens is 395 g/mol. The monoisotopic (exact) mass is 417 g/mol. The maximum Gasteiger partial charge on any atom is 0.416 e. The summed E-state index contributed by atoms with van der Waals surface area (Å²) in [5, 5.41) is 0.599. The number of aromatic nitrogens is 1. The Kier molecular flexibility index (Phi) is 5.50. The Morgan fingerprint density at radius 2 is 1.63 bits per heavy atom. The van der Waals surface area contributed by atoms with Crippen LogP contribution in [0.25, 0.3) is 10.9 Å². The van der Waals surface area contributed by atoms with Crippen LogP contribution in [0.1, 0.15) is 42.3 Å². The van der Waals surface area contributed by atoms with Gasteiger partial charge in [0.05, 0.1) is 24.7 Å². The lowest BCUT2D eigenvalue weighted by Crippen LogP contribution is -2.24. The minimum Gasteiger partial charge on any atom is -0.497 e. The third-order valence-corrected chi connectivity index (χ3v) is 4.96. The van der Waals surface area contributed by atoms with Gasteiger partial charge in [0.2, 0.25) is 0 Å². The largest absolute Gasteiger partial charge is 0.497 e. The second kappa shape index (κ2) is 7.63. The first-order chi connectivity index (χ1) is 13.9. The fraction of sp³-hybridized carbons (Fsp3) is 0.304. The number of benzene rings is 2. The number of nitrogens with zero attached hydrogens (tertiary/aromatic N) is 1. The number of hydrogen-bond acceptors (Lipinski definition) is 3. The first kappa shape index (κ1) is 21.6. The van der Waals surface area contributed by atoms with E-state index >= 15 is 0 Å². The lowest BCUT2D eigenvalue weighted by molar-refractivity contribution is -0.137. The Balaban J connectivity index is 2.07. The van der Waals surface area contributed by atoms with E-state index < -0.39 is 22.9 Å². The smallest absolute Gasteiger partial charge is 0.416 e. The van der Waals surface area contributed by atoms with E-state index in [2.05, 4.69) is 0 Å². The van der Waals surface area contributed by atoms with E-state index in [4.69, 9.17) is 4.74 Å². The highest BCUT2D eigenvalue weighted by molar-refractivity contribution is 6.16. The molecule has 0 saturated carbocycles. The Labute approximate surface area is 172 Å². The molecule has 1 aromatic heterocycles. The van der Waals surface area contributed by atoms with Crippen molar-refractivity contribution in [2.45, 2.75) is 33.5 Å². The molecule has 0 atom stereocenters. The van der Waals surface area contributed by atoms with Crippen molar-refractivity contribution in [1.29, 1.82) is 0 Å². The van der Waals surface area contributed by atoms with Gasteiger partial charge in [-0.05, 0) is 24.3 Å². The summed E-state index contributed by atoms with van der Waals surface area (Å²) in [5.74, 6) is 0.134. The molecule has 3 aromatic rings. The quantitative estimate of drug-likeness (QED) is 0.514. The summed E-state index contributed by atoms with van der Waals surface area (Å²) in [7, 11) is 1.52. The SMILES string of the molecule is COc1ccc2c(C(=O)c3ccc(C(F)(F)F)cc3)cn(CC(=O)C(C)(C)C)c2c1. The van der Waals surface area contributed by atoms with Crippen molar-refractivity contribution in [3.05, 3.63) is 65.4 Å². The summed E-state index contributed by atoms with van der Waals surface area (Å²) < 4.78 is 45.4. The van der Waals surface area contributed by atoms with Gasteiger partial charge in [-0.15, -0.1) is 0 Å². The van der Waals surface area contributed by atoms with Gasteiger partial charge in [0.25, 0.3) is 0 Å². The van der Waals surface area contributed by atoms with Gasteiger partial charge in [0, 0.05) is 34.2 Å². The number of carbonyl (C=O) groups excluding carboxylic acids is 2. The van der Waals surface area contributed by atoms with Crippen LogP contribution in [0.3, 0.4) is 0 Å². The highest BCUT2D eigenvalue weighted by atomic mass is 19.4. The van der Waals surface area contributed by atoms with E-state index in [-0.39, 0.29) is 17.9 Å². The normalized spacial score (nSPS) is 12.2. The van der Waals surface area contributed by atoms with Gasteiger partial charge in [-0.25, -0.2) is 0 Å². The maximum absolute atomic E-state index is 13.1. The number of carbonyl (C=O) groups is 2. The zero-order valence-corrected chi connectivity index (χ0v) is 17.1. The van der Waals surface area contributed by atoms with Gasteiger partial charge >= 0.3 is 6.18 Å². The average molecular weight is 417 g/mol. The number of methoxy groups -OCH3 is 1. The van der Waals surface area contributed by atoms with Crippen LogP contribution in [0.5, 0.6) is 5.75 Å². The van der Waals surface area contributed by atoms with Gasteiger partial charge in [-0.1, -0.05) is 32.9 Å². The molecule has 2 aromatic carbocycles. The molecule has 158 valence electrons. The zero-order chi connectivity index (χ0) is 22.3. The third-order valence-electron chi connectivity index (χ3n) is 4.96. The number of Topliss-reactive ketones (excluding diaryl/α,β-unsaturated/α-hetero) is 1. The van der Waals surface area contributed by atoms with Crippen LogP contribution in [0.2, 0.25) is 0 Å². The second-order valence-corrected chi connectivity index (χ2v) is 8.13. The molecule has 0 aliphatic carbocycles. The molecule has 4 nitrogen and oxygen atoms in total. The highest BCUT2D eigenvalue weighted by Crippen LogP contribution is 2.31. The molecule has 0 fully saturated rings. The number of fused-ring (bicyclic) bond motifs is 1. The molecule has 0 spiro atoms. The molecule has 7 heteroatoms. The van der Waals surface area contributed by atoms with Crippen molar-refractivity contribution in [1.82, 2.24) is 4.57 Å². The number of ketones is 2. The van der Waals surface area contributed by atoms with E-state index in [0.717, 1.165) is 24.3 Å². The number of alkyl halides is 3. The lowest BCUT2D eigenvalue weighted by Gasteiger charge is -2.17. The van der Waals surface area contributed by atoms with Crippen molar-refractivity contribution >= 4 is 22.5 Å². The predicted molar refractivity (Wildman–Crippen MR) is 108 cm³/mol. The van der Waals surface area contributed by atoms with E-state index in [0.29, 0.717) is 22.2 Å². The van der Waals surface area contributed by atoms with Gasteiger partial charge in [-0.2, -0.15) is 13.2 Å². The number of rotatable bonds is 5. The molecule has 0 unspecified atom stereocenters. The van der Waals surface area contributed by atoms with E-state index in [9.17, 15) is 22.8 Å². The van der Waals surface area contributed by atoms with Crippen LogP contribution >= 0.6 is 0 Å². The van der Waals surface area contributed by atoms with Crippen LogP contribution in [-0.4, -0.2) is 23.2 Å². The molecule has 0 N–H and O–H groups in total. The zero-order valence-electron chi connectivity index (χ0n) is 17.1. The minimum absolute atomic E-state index is 0.0178. The fourth-order valence-electron chi connectivity index (χ4n) is 3.07. The van der Waals surface area contributed by atoms with Crippen molar-refractivity contribution in [2.75, 3.05) is 7.11 Å². The summed E-state index contributed by atoms with van der Waals surface area (Å²) in [6.45, 7) is 5.51. The van der Waals surface area contributed by atoms with Gasteiger partial charge in [0.1, 0.15) is 5.75 Å². The molecule has 0 radical (unpaired) electrons. The molecule has 0 saturated heterocycles. The standard InChI is InChI=1S/C23H22F3NO3/c1-22(2,3)20(28)13-27-12-18(17-10-9-16(30-4)11-19(17)27)21(29)14-5-7-15(8-6-14)23(24,25)26/h5-12H,13H2,1-4H3. The predicted octanol–water partition coefficient (Wildman–Crippen LogP) is 5.51. The summed E-state index contributed by atoms with van der Waals surface area (Å²) in [6, 6.07) is 9.24. The first-order valence-corrected chi connectivity index (χ1v) is 9.34. The number of ether oxygens (including phenoxy) is 1. The average Bonchev–Trinajstić information content (AvgIpc) is 3.03. The minimum atomic E-state index is -4.47. The lowest BCUT2D eigenvalue weighted by atomic mass is 9.91. The van der Waals surface area contributed by atoms with Crippen molar-refractivity contribution < 1.29 is 27.5 Å². The van der Waals surface area contributed by atoms with Crippen LogP contribution in [0, 0.1) is 5.41 Å². The number of hydrogen-bond donors (Lipinski definition) is 0. The highest BCUT2D eigenvalue weighted by Gasteiger charge is 2.30. The molecule has 0 amide bonds. The molecule has 30 heavy (non-hydrogen) atoms. The maximum atomic E-state index is 13.1. The Morgan fingerprint density at radius 1 is 1.00 bits per heavy atom. The Hall–Kier alpha value is -3.09. The summed E-state index contributed by atoms with van der Waals surface area (Å²) in [6.07, 6.45) is -2.89. The van der Waals surface area contributed by atoms with Crippen LogP contribution in [0.15, 0.2) is 48.7 Å². The summed E-state index contributed by atoms with van der Waals surface area (Å²) in [4.78, 5) is 25.6. The van der Waals surface area contributed by atoms with E-state index in [1.54, 1.807) is 29.0 Å². The van der Waals surface area contributed by atoms with Crippen LogP contribution in [0.4, 0.5) is 13.2 Å². The first-order valence-electron chi connectivity index (χ1n) is 9.34. The van der Waals surface area contributed by atoms with E-state index in [1.165, 1.54) is 7.11 Å². The van der Waals surface area contributed by atoms with Crippen molar-refractivity contribution in [3.8, 4) is 5.75 Å². The van der Waals surface area contributed by atoms with Gasteiger partial charge in [-0.3, -0.25) is 9.59 Å². The molecular formula is C23H22F3NO3. The van der Waals surface area contributed by atoms with Crippen molar-refractivity contribution in [3.63, 3.8) is 0 Å². The molecule has 1 heterocycles. The molecule has 0 aliphatic rings. The summed E-state index contributed by atoms with van der Waals surface area (Å²) in [5.41, 5.74) is -0.286. The topological polar surface area (TPSA) is 48.3 Å². The fourth-order valence-corrected chi connectivity index (χ4v) is 3.07. The summed E-state index contributed by atoms with van der Waals surface area (Å²) >= 11 is 0. The molecule has 0 bridgehead atoms. The molecule has 0 aliphatic heterocycles. The Bertz CT molecular complexity index is 1100. The second-order valence-electron chi connectivity index (χ2n) is 8.13. The Morgan fingerprint density at radius 3 is 2.17 bits per heavy atom. The van der Waals surface area contributed by atoms with Gasteiger partial charge in [0.15, 0.2) is 11.6 Å².